The highest BCUT2D eigenvalue weighted by atomic mass is 15.0. The Morgan fingerprint density at radius 2 is 0.977 bits per heavy atom. The zero-order chi connectivity index (χ0) is 28.5. The van der Waals surface area contributed by atoms with Gasteiger partial charge in [0.15, 0.2) is 0 Å². The molecule has 0 saturated carbocycles. The first-order valence-electron chi connectivity index (χ1n) is 14.6. The molecule has 0 aliphatic carbocycles. The van der Waals surface area contributed by atoms with Gasteiger partial charge in [0.2, 0.25) is 0 Å². The van der Waals surface area contributed by atoms with Gasteiger partial charge in [0.1, 0.15) is 0 Å². The van der Waals surface area contributed by atoms with Crippen LogP contribution in [0.3, 0.4) is 0 Å². The molecule has 2 heteroatoms. The normalized spacial score (nSPS) is 11.7. The lowest BCUT2D eigenvalue weighted by atomic mass is 9.91. The van der Waals surface area contributed by atoms with Crippen molar-refractivity contribution in [1.29, 1.82) is 5.26 Å². The van der Waals surface area contributed by atoms with Crippen molar-refractivity contribution in [3.63, 3.8) is 0 Å². The lowest BCUT2D eigenvalue weighted by Gasteiger charge is -2.13. The minimum absolute atomic E-state index is 0.662. The van der Waals surface area contributed by atoms with Crippen molar-refractivity contribution in [2.45, 2.75) is 0 Å². The monoisotopic (exact) mass is 544 g/mol. The summed E-state index contributed by atoms with van der Waals surface area (Å²) in [5, 5.41) is 19.8. The van der Waals surface area contributed by atoms with Crippen molar-refractivity contribution in [2.24, 2.45) is 0 Å². The third-order valence-corrected chi connectivity index (χ3v) is 8.93. The summed E-state index contributed by atoms with van der Waals surface area (Å²) in [5.41, 5.74) is 8.69. The second-order valence-corrected chi connectivity index (χ2v) is 11.3. The Morgan fingerprint density at radius 3 is 1.65 bits per heavy atom. The Morgan fingerprint density at radius 1 is 0.419 bits per heavy atom. The molecule has 0 radical (unpaired) electrons. The van der Waals surface area contributed by atoms with Crippen LogP contribution in [0.1, 0.15) is 5.56 Å². The number of nitriles is 1. The maximum Gasteiger partial charge on any atom is 0.0992 e. The van der Waals surface area contributed by atoms with Crippen LogP contribution in [0, 0.1) is 11.3 Å². The molecule has 0 N–H and O–H groups in total. The lowest BCUT2D eigenvalue weighted by Crippen LogP contribution is -1.93. The molecule has 1 heterocycles. The van der Waals surface area contributed by atoms with Crippen molar-refractivity contribution in [3.05, 3.63) is 151 Å². The zero-order valence-electron chi connectivity index (χ0n) is 23.3. The van der Waals surface area contributed by atoms with Gasteiger partial charge in [0.25, 0.3) is 0 Å². The molecule has 0 saturated heterocycles. The van der Waals surface area contributed by atoms with Gasteiger partial charge < -0.3 is 4.57 Å². The Hall–Kier alpha value is -5.91. The standard InChI is InChI=1S/C41H24N2/c42-25-26-9-19-36-37-20-18-31(24-39(37)43(38(36)21-26)35-7-2-1-3-8-35)27-10-12-28(13-11-27)34-22-32-16-14-29-5-4-6-30-15-17-33(23-34)41(32)40(29)30/h1-24H. The van der Waals surface area contributed by atoms with Gasteiger partial charge in [0, 0.05) is 16.5 Å². The van der Waals surface area contributed by atoms with E-state index < -0.39 is 0 Å². The number of aromatic nitrogens is 1. The first-order chi connectivity index (χ1) is 21.2. The molecule has 0 aliphatic heterocycles. The Bertz CT molecular complexity index is 2480. The van der Waals surface area contributed by atoms with Gasteiger partial charge in [-0.2, -0.15) is 5.26 Å². The second-order valence-electron chi connectivity index (χ2n) is 11.3. The van der Waals surface area contributed by atoms with E-state index in [9.17, 15) is 5.26 Å². The van der Waals surface area contributed by atoms with E-state index >= 15 is 0 Å². The van der Waals surface area contributed by atoms with Crippen LogP contribution >= 0.6 is 0 Å². The molecule has 8 aromatic carbocycles. The molecule has 2 nitrogen and oxygen atoms in total. The highest BCUT2D eigenvalue weighted by molar-refractivity contribution is 6.23. The van der Waals surface area contributed by atoms with Gasteiger partial charge >= 0.3 is 0 Å². The van der Waals surface area contributed by atoms with E-state index in [4.69, 9.17) is 0 Å². The van der Waals surface area contributed by atoms with Gasteiger partial charge in [-0.3, -0.25) is 0 Å². The lowest BCUT2D eigenvalue weighted by molar-refractivity contribution is 1.18. The van der Waals surface area contributed by atoms with Crippen molar-refractivity contribution < 1.29 is 0 Å². The number of hydrogen-bond acceptors (Lipinski definition) is 1. The van der Waals surface area contributed by atoms with Crippen LogP contribution in [0.15, 0.2) is 146 Å². The van der Waals surface area contributed by atoms with E-state index in [-0.39, 0.29) is 0 Å². The maximum atomic E-state index is 9.59. The van der Waals surface area contributed by atoms with Gasteiger partial charge in [-0.1, -0.05) is 103 Å². The predicted molar refractivity (Wildman–Crippen MR) is 180 cm³/mol. The summed E-state index contributed by atoms with van der Waals surface area (Å²) < 4.78 is 2.27. The molecule has 0 fully saturated rings. The van der Waals surface area contributed by atoms with Gasteiger partial charge in [0.05, 0.1) is 22.7 Å². The SMILES string of the molecule is N#Cc1ccc2c3ccc(-c4ccc(-c5cc6ccc7cccc8ccc(c5)c6c78)cc4)cc3n(-c3ccccc3)c2c1. The van der Waals surface area contributed by atoms with Crippen LogP contribution in [0.2, 0.25) is 0 Å². The molecule has 0 unspecified atom stereocenters. The molecule has 0 amide bonds. The number of benzene rings is 8. The summed E-state index contributed by atoms with van der Waals surface area (Å²) in [6.45, 7) is 0. The summed E-state index contributed by atoms with van der Waals surface area (Å²) in [6.07, 6.45) is 0. The van der Waals surface area contributed by atoms with Crippen molar-refractivity contribution in [3.8, 4) is 34.0 Å². The predicted octanol–water partition coefficient (Wildman–Crippen LogP) is 10.9. The number of hydrogen-bond donors (Lipinski definition) is 0. The molecular formula is C41H24N2. The van der Waals surface area contributed by atoms with E-state index in [1.807, 2.05) is 18.2 Å². The molecule has 9 rings (SSSR count). The van der Waals surface area contributed by atoms with Crippen LogP contribution in [0.25, 0.3) is 82.1 Å². The van der Waals surface area contributed by atoms with Gasteiger partial charge in [-0.25, -0.2) is 0 Å². The average Bonchev–Trinajstić information content (AvgIpc) is 3.40. The van der Waals surface area contributed by atoms with Crippen LogP contribution in [-0.4, -0.2) is 4.57 Å². The Balaban J connectivity index is 1.17. The summed E-state index contributed by atoms with van der Waals surface area (Å²) in [6, 6.07) is 54.4. The van der Waals surface area contributed by atoms with E-state index in [2.05, 4.69) is 138 Å². The topological polar surface area (TPSA) is 28.7 Å². The molecule has 0 spiro atoms. The smallest absolute Gasteiger partial charge is 0.0992 e. The van der Waals surface area contributed by atoms with Crippen LogP contribution in [0.4, 0.5) is 0 Å². The molecular weight excluding hydrogens is 520 g/mol. The third-order valence-electron chi connectivity index (χ3n) is 8.93. The second kappa shape index (κ2) is 9.05. The van der Waals surface area contributed by atoms with Crippen molar-refractivity contribution in [1.82, 2.24) is 4.57 Å². The van der Waals surface area contributed by atoms with E-state index in [0.29, 0.717) is 5.56 Å². The minimum atomic E-state index is 0.662. The van der Waals surface area contributed by atoms with Crippen LogP contribution < -0.4 is 0 Å². The van der Waals surface area contributed by atoms with Crippen LogP contribution in [0.5, 0.6) is 0 Å². The largest absolute Gasteiger partial charge is 0.309 e. The summed E-state index contributed by atoms with van der Waals surface area (Å²) in [5.74, 6) is 0. The van der Waals surface area contributed by atoms with Gasteiger partial charge in [-0.05, 0) is 97.0 Å². The van der Waals surface area contributed by atoms with Crippen LogP contribution in [-0.2, 0) is 0 Å². The molecule has 9 aromatic rings. The fraction of sp³-hybridized carbons (Fsp3) is 0. The number of rotatable bonds is 3. The van der Waals surface area contributed by atoms with Crippen molar-refractivity contribution >= 4 is 54.1 Å². The van der Waals surface area contributed by atoms with Gasteiger partial charge in [-0.15, -0.1) is 0 Å². The quantitative estimate of drug-likeness (QED) is 0.203. The maximum absolute atomic E-state index is 9.59. The molecule has 0 aliphatic rings. The molecule has 43 heavy (non-hydrogen) atoms. The molecule has 0 bridgehead atoms. The van der Waals surface area contributed by atoms with Crippen molar-refractivity contribution in [2.75, 3.05) is 0 Å². The third kappa shape index (κ3) is 3.59. The van der Waals surface area contributed by atoms with E-state index in [1.165, 1.54) is 54.4 Å². The number of para-hydroxylation sites is 1. The fourth-order valence-electron chi connectivity index (χ4n) is 6.90. The van der Waals surface area contributed by atoms with E-state index in [1.54, 1.807) is 0 Å². The summed E-state index contributed by atoms with van der Waals surface area (Å²) in [4.78, 5) is 0. The number of nitrogens with zero attached hydrogens (tertiary/aromatic N) is 2. The first kappa shape index (κ1) is 23.8. The Kier molecular flexibility index (Phi) is 5.00. The first-order valence-corrected chi connectivity index (χ1v) is 14.6. The average molecular weight is 545 g/mol. The zero-order valence-corrected chi connectivity index (χ0v) is 23.3. The minimum Gasteiger partial charge on any atom is -0.309 e. The molecule has 198 valence electrons. The highest BCUT2D eigenvalue weighted by Crippen LogP contribution is 2.39. The highest BCUT2D eigenvalue weighted by Gasteiger charge is 2.15. The summed E-state index contributed by atoms with van der Waals surface area (Å²) >= 11 is 0. The Labute approximate surface area is 248 Å². The van der Waals surface area contributed by atoms with E-state index in [0.717, 1.165) is 27.7 Å². The fourth-order valence-corrected chi connectivity index (χ4v) is 6.90. The number of fused-ring (bicyclic) bond motifs is 3. The summed E-state index contributed by atoms with van der Waals surface area (Å²) in [7, 11) is 0. The molecule has 1 aromatic heterocycles. The molecule has 0 atom stereocenters.